The molecule has 34 heavy (non-hydrogen) atoms. The highest BCUT2D eigenvalue weighted by molar-refractivity contribution is 7.99. The molecular formula is C23H25Cl2N5O3S. The molecule has 2 aromatic carbocycles. The summed E-state index contributed by atoms with van der Waals surface area (Å²) >= 11 is 13.2. The number of hydrogen-bond acceptors (Lipinski definition) is 6. The maximum absolute atomic E-state index is 12.6. The Morgan fingerprint density at radius 3 is 2.47 bits per heavy atom. The van der Waals surface area contributed by atoms with Gasteiger partial charge in [-0.1, -0.05) is 35.0 Å². The van der Waals surface area contributed by atoms with Crippen molar-refractivity contribution in [2.45, 2.75) is 38.5 Å². The van der Waals surface area contributed by atoms with Crippen LogP contribution in [0.25, 0.3) is 0 Å². The third-order valence-electron chi connectivity index (χ3n) is 4.76. The van der Waals surface area contributed by atoms with Crippen LogP contribution in [-0.4, -0.2) is 38.9 Å². The Morgan fingerprint density at radius 1 is 1.09 bits per heavy atom. The van der Waals surface area contributed by atoms with Gasteiger partial charge in [-0.25, -0.2) is 0 Å². The number of nitrogens with zero attached hydrogens (tertiary/aromatic N) is 3. The van der Waals surface area contributed by atoms with E-state index in [1.165, 1.54) is 17.8 Å². The van der Waals surface area contributed by atoms with Crippen LogP contribution in [0, 0.1) is 0 Å². The standard InChI is InChI=1S/C23H25Cl2N5O3S/c1-4-30-21(14(3)26-22(32)15-6-11-18(24)19(25)12-15)28-29-23(30)34-13-20(31)27-16-7-9-17(10-8-16)33-5-2/h6-12,14H,4-5,13H2,1-3H3,(H,26,32)(H,27,31). The molecule has 1 unspecified atom stereocenters. The minimum Gasteiger partial charge on any atom is -0.494 e. The van der Waals surface area contributed by atoms with Crippen molar-refractivity contribution in [2.24, 2.45) is 0 Å². The molecule has 0 radical (unpaired) electrons. The lowest BCUT2D eigenvalue weighted by Gasteiger charge is -2.15. The number of hydrogen-bond donors (Lipinski definition) is 2. The zero-order valence-electron chi connectivity index (χ0n) is 19.0. The predicted molar refractivity (Wildman–Crippen MR) is 135 cm³/mol. The number of amides is 2. The second kappa shape index (κ2) is 12.1. The van der Waals surface area contributed by atoms with Crippen molar-refractivity contribution in [1.82, 2.24) is 20.1 Å². The first-order valence-corrected chi connectivity index (χ1v) is 12.4. The molecule has 0 saturated carbocycles. The van der Waals surface area contributed by atoms with Crippen molar-refractivity contribution in [3.63, 3.8) is 0 Å². The summed E-state index contributed by atoms with van der Waals surface area (Å²) in [6.07, 6.45) is 0. The molecule has 0 fully saturated rings. The van der Waals surface area contributed by atoms with Crippen LogP contribution in [0.2, 0.25) is 10.0 Å². The van der Waals surface area contributed by atoms with Gasteiger partial charge >= 0.3 is 0 Å². The number of thioether (sulfide) groups is 1. The highest BCUT2D eigenvalue weighted by Crippen LogP contribution is 2.24. The summed E-state index contributed by atoms with van der Waals surface area (Å²) in [5.74, 6) is 1.03. The van der Waals surface area contributed by atoms with Crippen LogP contribution < -0.4 is 15.4 Å². The van der Waals surface area contributed by atoms with Gasteiger partial charge in [0.2, 0.25) is 5.91 Å². The first-order chi connectivity index (χ1) is 16.3. The topological polar surface area (TPSA) is 98.1 Å². The number of aromatic nitrogens is 3. The fourth-order valence-corrected chi connectivity index (χ4v) is 4.24. The summed E-state index contributed by atoms with van der Waals surface area (Å²) in [6, 6.07) is 11.5. The van der Waals surface area contributed by atoms with Crippen LogP contribution in [-0.2, 0) is 11.3 Å². The third kappa shape index (κ3) is 6.65. The van der Waals surface area contributed by atoms with Crippen LogP contribution in [0.1, 0.15) is 43.0 Å². The Labute approximate surface area is 212 Å². The molecule has 0 aliphatic carbocycles. The Balaban J connectivity index is 1.59. The average molecular weight is 522 g/mol. The lowest BCUT2D eigenvalue weighted by Crippen LogP contribution is -2.28. The summed E-state index contributed by atoms with van der Waals surface area (Å²) in [6.45, 7) is 6.85. The molecule has 0 bridgehead atoms. The fraction of sp³-hybridized carbons (Fsp3) is 0.304. The number of ether oxygens (including phenoxy) is 1. The van der Waals surface area contributed by atoms with E-state index in [-0.39, 0.29) is 17.6 Å². The van der Waals surface area contributed by atoms with Gasteiger partial charge in [-0.2, -0.15) is 0 Å². The largest absolute Gasteiger partial charge is 0.494 e. The number of anilines is 1. The van der Waals surface area contributed by atoms with Gasteiger partial charge in [0.05, 0.1) is 28.4 Å². The van der Waals surface area contributed by atoms with E-state index in [9.17, 15) is 9.59 Å². The first kappa shape index (κ1) is 25.9. The van der Waals surface area contributed by atoms with Gasteiger partial charge < -0.3 is 19.9 Å². The molecule has 8 nitrogen and oxygen atoms in total. The summed E-state index contributed by atoms with van der Waals surface area (Å²) in [5, 5.41) is 15.5. The third-order valence-corrected chi connectivity index (χ3v) is 6.47. The molecule has 1 atom stereocenters. The molecule has 0 saturated heterocycles. The smallest absolute Gasteiger partial charge is 0.251 e. The maximum atomic E-state index is 12.6. The van der Waals surface area contributed by atoms with Gasteiger partial charge in [0, 0.05) is 17.8 Å². The summed E-state index contributed by atoms with van der Waals surface area (Å²) in [5.41, 5.74) is 1.08. The number of rotatable bonds is 10. The minimum atomic E-state index is -0.415. The van der Waals surface area contributed by atoms with E-state index in [4.69, 9.17) is 27.9 Å². The number of nitrogens with one attached hydrogen (secondary N) is 2. The molecule has 2 amide bonds. The average Bonchev–Trinajstić information content (AvgIpc) is 3.24. The van der Waals surface area contributed by atoms with Crippen LogP contribution >= 0.6 is 35.0 Å². The molecule has 0 aliphatic heterocycles. The van der Waals surface area contributed by atoms with E-state index in [0.717, 1.165) is 5.75 Å². The SMILES string of the molecule is CCOc1ccc(NC(=O)CSc2nnc(C(C)NC(=O)c3ccc(Cl)c(Cl)c3)n2CC)cc1. The van der Waals surface area contributed by atoms with Gasteiger partial charge in [0.1, 0.15) is 5.75 Å². The fourth-order valence-electron chi connectivity index (χ4n) is 3.13. The number of benzene rings is 2. The van der Waals surface area contributed by atoms with E-state index >= 15 is 0 Å². The highest BCUT2D eigenvalue weighted by atomic mass is 35.5. The zero-order valence-corrected chi connectivity index (χ0v) is 21.3. The Bertz CT molecular complexity index is 1150. The van der Waals surface area contributed by atoms with Crippen molar-refractivity contribution in [3.05, 3.63) is 63.9 Å². The van der Waals surface area contributed by atoms with Crippen molar-refractivity contribution < 1.29 is 14.3 Å². The monoisotopic (exact) mass is 521 g/mol. The Hall–Kier alpha value is -2.75. The molecule has 0 aliphatic rings. The number of carbonyl (C=O) groups excluding carboxylic acids is 2. The second-order valence-corrected chi connectivity index (χ2v) is 8.96. The summed E-state index contributed by atoms with van der Waals surface area (Å²) < 4.78 is 7.27. The van der Waals surface area contributed by atoms with Crippen LogP contribution in [0.4, 0.5) is 5.69 Å². The van der Waals surface area contributed by atoms with Crippen LogP contribution in [0.15, 0.2) is 47.6 Å². The molecule has 3 aromatic rings. The minimum absolute atomic E-state index is 0.162. The van der Waals surface area contributed by atoms with Gasteiger partial charge in [-0.05, 0) is 63.2 Å². The van der Waals surface area contributed by atoms with E-state index in [1.807, 2.05) is 25.3 Å². The van der Waals surface area contributed by atoms with Crippen LogP contribution in [0.5, 0.6) is 5.75 Å². The lowest BCUT2D eigenvalue weighted by atomic mass is 10.2. The predicted octanol–water partition coefficient (Wildman–Crippen LogP) is 5.23. The van der Waals surface area contributed by atoms with Crippen molar-refractivity contribution in [2.75, 3.05) is 17.7 Å². The van der Waals surface area contributed by atoms with Gasteiger partial charge in [0.25, 0.3) is 5.91 Å². The zero-order chi connectivity index (χ0) is 24.7. The number of carbonyl (C=O) groups is 2. The summed E-state index contributed by atoms with van der Waals surface area (Å²) in [7, 11) is 0. The molecule has 180 valence electrons. The Kier molecular flexibility index (Phi) is 9.20. The molecule has 1 aromatic heterocycles. The molecule has 0 spiro atoms. The van der Waals surface area contributed by atoms with E-state index in [2.05, 4.69) is 20.8 Å². The van der Waals surface area contributed by atoms with E-state index in [1.54, 1.807) is 36.4 Å². The van der Waals surface area contributed by atoms with Crippen molar-refractivity contribution >= 4 is 52.5 Å². The van der Waals surface area contributed by atoms with Gasteiger partial charge in [-0.3, -0.25) is 9.59 Å². The van der Waals surface area contributed by atoms with Crippen molar-refractivity contribution in [3.8, 4) is 5.75 Å². The lowest BCUT2D eigenvalue weighted by molar-refractivity contribution is -0.113. The second-order valence-electron chi connectivity index (χ2n) is 7.20. The van der Waals surface area contributed by atoms with Crippen molar-refractivity contribution in [1.29, 1.82) is 0 Å². The maximum Gasteiger partial charge on any atom is 0.251 e. The molecule has 1 heterocycles. The quantitative estimate of drug-likeness (QED) is 0.354. The molecule has 11 heteroatoms. The Morgan fingerprint density at radius 2 is 1.82 bits per heavy atom. The molecule has 2 N–H and O–H groups in total. The summed E-state index contributed by atoms with van der Waals surface area (Å²) in [4.78, 5) is 25.0. The van der Waals surface area contributed by atoms with Crippen LogP contribution in [0.3, 0.4) is 0 Å². The molecular weight excluding hydrogens is 497 g/mol. The van der Waals surface area contributed by atoms with E-state index < -0.39 is 6.04 Å². The first-order valence-electron chi connectivity index (χ1n) is 10.7. The highest BCUT2D eigenvalue weighted by Gasteiger charge is 2.20. The van der Waals surface area contributed by atoms with E-state index in [0.29, 0.717) is 45.4 Å². The number of halogens is 2. The normalized spacial score (nSPS) is 11.7. The van der Waals surface area contributed by atoms with Gasteiger partial charge in [-0.15, -0.1) is 10.2 Å². The molecule has 3 rings (SSSR count). The van der Waals surface area contributed by atoms with Gasteiger partial charge in [0.15, 0.2) is 11.0 Å².